The molecule has 1 saturated heterocycles. The van der Waals surface area contributed by atoms with Gasteiger partial charge in [-0.3, -0.25) is 48.6 Å². The molecule has 0 bridgehead atoms. The minimum absolute atomic E-state index is 0.00969. The molecule has 0 saturated carbocycles. The number of hydrogen-bond acceptors (Lipinski definition) is 12. The number of nitrogens with one attached hydrogen (secondary N) is 4. The second-order valence-corrected chi connectivity index (χ2v) is 20.9. The summed E-state index contributed by atoms with van der Waals surface area (Å²) in [5.74, 6) is -8.38. The summed E-state index contributed by atoms with van der Waals surface area (Å²) in [5.41, 5.74) is 2.79. The van der Waals surface area contributed by atoms with Gasteiger partial charge < -0.3 is 45.6 Å². The molecule has 0 aromatic carbocycles. The Hall–Kier alpha value is -6.61. The molecular weight excluding hydrogens is 971 g/mol. The predicted molar refractivity (Wildman–Crippen MR) is 282 cm³/mol. The highest BCUT2D eigenvalue weighted by molar-refractivity contribution is 6.07. The molecular formula is C52H87N11O12. The summed E-state index contributed by atoms with van der Waals surface area (Å²) in [7, 11) is 8.59. The predicted octanol–water partition coefficient (Wildman–Crippen LogP) is 2.64. The Labute approximate surface area is 443 Å². The zero-order valence-corrected chi connectivity index (χ0v) is 48.0. The molecule has 2 unspecified atom stereocenters. The van der Waals surface area contributed by atoms with Gasteiger partial charge in [0.05, 0.1) is 6.10 Å². The Balaban J connectivity index is 4.18. The first-order chi connectivity index (χ1) is 34.6. The van der Waals surface area contributed by atoms with Crippen LogP contribution in [-0.2, 0) is 38.4 Å². The fourth-order valence-electron chi connectivity index (χ4n) is 8.27. The number of nitrogens with zero attached hydrogens (tertiary/aromatic N) is 7. The van der Waals surface area contributed by atoms with Crippen LogP contribution in [0.25, 0.3) is 0 Å². The molecule has 23 heteroatoms. The van der Waals surface area contributed by atoms with Crippen LogP contribution in [0, 0.1) is 23.7 Å². The highest BCUT2D eigenvalue weighted by Gasteiger charge is 2.43. The van der Waals surface area contributed by atoms with E-state index in [1.807, 2.05) is 13.8 Å². The van der Waals surface area contributed by atoms with E-state index in [0.717, 1.165) is 33.7 Å². The number of amides is 14. The first-order valence-corrected chi connectivity index (χ1v) is 25.5. The zero-order valence-electron chi connectivity index (χ0n) is 48.0. The number of aliphatic hydroxyl groups excluding tert-OH is 1. The van der Waals surface area contributed by atoms with Crippen LogP contribution in [0.4, 0.5) is 14.4 Å². The summed E-state index contributed by atoms with van der Waals surface area (Å²) < 4.78 is 0. The maximum absolute atomic E-state index is 14.4. The van der Waals surface area contributed by atoms with E-state index in [1.165, 1.54) is 54.0 Å². The van der Waals surface area contributed by atoms with Gasteiger partial charge in [-0.25, -0.2) is 19.3 Å². The monoisotopic (exact) mass is 1060 g/mol. The van der Waals surface area contributed by atoms with Crippen LogP contribution in [0.3, 0.4) is 0 Å². The maximum atomic E-state index is 14.4. The van der Waals surface area contributed by atoms with Gasteiger partial charge in [-0.1, -0.05) is 73.3 Å². The number of allylic oxidation sites excluding steroid dienone is 2. The maximum Gasteiger partial charge on any atom is 0.334 e. The van der Waals surface area contributed by atoms with Gasteiger partial charge in [0.1, 0.15) is 42.3 Å². The molecule has 1 fully saturated rings. The van der Waals surface area contributed by atoms with E-state index >= 15 is 0 Å². The molecule has 14 amide bonds. The summed E-state index contributed by atoms with van der Waals surface area (Å²) in [6.07, 6.45) is 2.27. The summed E-state index contributed by atoms with van der Waals surface area (Å²) >= 11 is 0. The van der Waals surface area contributed by atoms with Crippen molar-refractivity contribution in [3.05, 3.63) is 29.2 Å². The topological polar surface area (TPSA) is 279 Å². The van der Waals surface area contributed by atoms with Gasteiger partial charge in [-0.15, -0.1) is 0 Å². The van der Waals surface area contributed by atoms with Crippen molar-refractivity contribution in [2.24, 2.45) is 23.7 Å². The quantitative estimate of drug-likeness (QED) is 0.120. The summed E-state index contributed by atoms with van der Waals surface area (Å²) in [6.45, 7) is 21.4. The van der Waals surface area contributed by atoms with Gasteiger partial charge in [-0.2, -0.15) is 0 Å². The van der Waals surface area contributed by atoms with Crippen molar-refractivity contribution in [2.45, 2.75) is 164 Å². The zero-order chi connectivity index (χ0) is 58.3. The van der Waals surface area contributed by atoms with E-state index in [-0.39, 0.29) is 37.5 Å². The first-order valence-electron chi connectivity index (χ1n) is 25.5. The fourth-order valence-corrected chi connectivity index (χ4v) is 8.27. The molecule has 5 N–H and O–H groups in total. The lowest BCUT2D eigenvalue weighted by Gasteiger charge is -2.38. The first kappa shape index (κ1) is 66.4. The largest absolute Gasteiger partial charge is 0.390 e. The second kappa shape index (κ2) is 29.5. The minimum atomic E-state index is -1.72. The third kappa shape index (κ3) is 17.8. The number of carbonyl (C=O) groups excluding carboxylic acids is 11. The summed E-state index contributed by atoms with van der Waals surface area (Å²) in [4.78, 5) is 162. The lowest BCUT2D eigenvalue weighted by Crippen LogP contribution is -2.62. The third-order valence-electron chi connectivity index (χ3n) is 13.2. The van der Waals surface area contributed by atoms with Crippen LogP contribution < -0.4 is 21.3 Å². The molecule has 0 spiro atoms. The van der Waals surface area contributed by atoms with Gasteiger partial charge in [0.25, 0.3) is 11.8 Å². The van der Waals surface area contributed by atoms with Crippen molar-refractivity contribution in [3.8, 4) is 0 Å². The van der Waals surface area contributed by atoms with Crippen molar-refractivity contribution in [1.29, 1.82) is 0 Å². The fraction of sp³-hybridized carbons (Fsp3) is 0.692. The van der Waals surface area contributed by atoms with Crippen molar-refractivity contribution >= 4 is 65.4 Å². The summed E-state index contributed by atoms with van der Waals surface area (Å²) in [5, 5.41) is 21.7. The van der Waals surface area contributed by atoms with E-state index in [0.29, 0.717) is 15.4 Å². The highest BCUT2D eigenvalue weighted by atomic mass is 16.3. The van der Waals surface area contributed by atoms with E-state index in [1.54, 1.807) is 74.5 Å². The van der Waals surface area contributed by atoms with Crippen LogP contribution in [0.5, 0.6) is 0 Å². The second-order valence-electron chi connectivity index (χ2n) is 20.9. The van der Waals surface area contributed by atoms with Crippen LogP contribution in [0.15, 0.2) is 29.2 Å². The average molecular weight is 1060 g/mol. The lowest BCUT2D eigenvalue weighted by molar-refractivity contribution is -0.149. The van der Waals surface area contributed by atoms with Gasteiger partial charge in [0, 0.05) is 49.3 Å². The Kier molecular flexibility index (Phi) is 26.1. The SMILES string of the molecule is C/C=C/C[C@@H](C)[C@@H](O)[C@H]1C(=O)N[C@@H](CC)C(=O)N(C)[C@H](C)C(=O)N(C)[C@@H](CC(C)C)C(=O)NC(C(C)C)C(=O)N(C)C(=C=C(C)C)C(=O)NC(=O)N[C@H](C)C(=O)N(C)C(CC(C)C)C(=O)N(C)C(=O)N(C)C(=O)N1C. The van der Waals surface area contributed by atoms with E-state index in [4.69, 9.17) is 0 Å². The van der Waals surface area contributed by atoms with Gasteiger partial charge >= 0.3 is 18.1 Å². The Bertz CT molecular complexity index is 2220. The Morgan fingerprint density at radius 3 is 1.65 bits per heavy atom. The number of aliphatic hydroxyl groups is 1. The molecule has 9 atom stereocenters. The molecule has 0 aromatic rings. The van der Waals surface area contributed by atoms with E-state index in [9.17, 15) is 57.8 Å². The van der Waals surface area contributed by atoms with Crippen LogP contribution in [-0.4, -0.2) is 202 Å². The normalized spacial score (nSPS) is 25.1. The van der Waals surface area contributed by atoms with Crippen LogP contribution >= 0.6 is 0 Å². The smallest absolute Gasteiger partial charge is 0.334 e. The number of imide groups is 3. The number of hydrogen-bond donors (Lipinski definition) is 5. The average Bonchev–Trinajstić information content (AvgIpc) is 3.34. The molecule has 422 valence electrons. The van der Waals surface area contributed by atoms with Gasteiger partial charge in [-0.05, 0) is 89.5 Å². The number of urea groups is 3. The van der Waals surface area contributed by atoms with E-state index < -0.39 is 131 Å². The molecule has 1 aliphatic rings. The van der Waals surface area contributed by atoms with Crippen molar-refractivity contribution in [2.75, 3.05) is 49.3 Å². The lowest BCUT2D eigenvalue weighted by atomic mass is 9.93. The molecule has 23 nitrogen and oxygen atoms in total. The van der Waals surface area contributed by atoms with Crippen molar-refractivity contribution in [1.82, 2.24) is 55.6 Å². The molecule has 1 heterocycles. The minimum Gasteiger partial charge on any atom is -0.390 e. The highest BCUT2D eigenvalue weighted by Crippen LogP contribution is 2.22. The van der Waals surface area contributed by atoms with Crippen LogP contribution in [0.1, 0.15) is 116 Å². The van der Waals surface area contributed by atoms with Gasteiger partial charge in [0.15, 0.2) is 5.70 Å². The molecule has 75 heavy (non-hydrogen) atoms. The van der Waals surface area contributed by atoms with Gasteiger partial charge in [0.2, 0.25) is 35.4 Å². The number of carbonyl (C=O) groups is 11. The third-order valence-corrected chi connectivity index (χ3v) is 13.2. The standard InChI is InChI=1S/C52H87N11O12/c1-21-23-24-32(11)41(64)40-44(67)54-35(22-2)47(70)57(14)34(13)46(69)58(15)36(25-28(3)4)42(65)55-39(31(9)10)49(72)59(16)37(26-29(5)6)43(66)56-50(73)53-33(12)45(68)60(17)38(27-30(7)8)48(71)62(19)52(75)63(20)51(74)61(40)18/h21,23,28,30-36,38-41,64H,22,24-25,27H2,1-20H3,(H,54,67)(H,55,65)(H2,53,56,66,73)/b23-21+/t32-,33-,34-,35+,36+,38?,39?,40+,41-/m1/s1. The Morgan fingerprint density at radius 2 is 1.16 bits per heavy atom. The molecule has 1 rings (SSSR count). The molecule has 1 aliphatic heterocycles. The summed E-state index contributed by atoms with van der Waals surface area (Å²) in [6, 6.07) is -12.9. The molecule has 0 radical (unpaired) electrons. The molecule has 0 aliphatic carbocycles. The number of likely N-dealkylation sites (N-methyl/N-ethyl adjacent to an activating group) is 6. The Morgan fingerprint density at radius 1 is 0.627 bits per heavy atom. The molecule has 0 aromatic heterocycles. The van der Waals surface area contributed by atoms with Crippen molar-refractivity contribution < 1.29 is 57.8 Å². The van der Waals surface area contributed by atoms with Crippen LogP contribution in [0.2, 0.25) is 0 Å². The van der Waals surface area contributed by atoms with E-state index in [2.05, 4.69) is 27.0 Å². The number of rotatable bonds is 10. The van der Waals surface area contributed by atoms with Crippen molar-refractivity contribution in [3.63, 3.8) is 0 Å².